The van der Waals surface area contributed by atoms with E-state index in [4.69, 9.17) is 16.3 Å². The first-order chi connectivity index (χ1) is 9.93. The van der Waals surface area contributed by atoms with E-state index in [1.54, 1.807) is 19.2 Å². The van der Waals surface area contributed by atoms with Gasteiger partial charge in [0.05, 0.1) is 6.54 Å². The van der Waals surface area contributed by atoms with Gasteiger partial charge in [-0.2, -0.15) is 0 Å². The fourth-order valence-corrected chi connectivity index (χ4v) is 2.01. The first-order valence-corrected chi connectivity index (χ1v) is 7.12. The molecule has 0 bridgehead atoms. The van der Waals surface area contributed by atoms with Crippen molar-refractivity contribution in [2.24, 2.45) is 0 Å². The third-order valence-electron chi connectivity index (χ3n) is 3.03. The van der Waals surface area contributed by atoms with Crippen LogP contribution in [-0.2, 0) is 14.3 Å². The summed E-state index contributed by atoms with van der Waals surface area (Å²) in [7, 11) is 1.60. The second-order valence-corrected chi connectivity index (χ2v) is 5.23. The Bertz CT molecular complexity index is 506. The lowest BCUT2D eigenvalue weighted by atomic mass is 10.2. The average Bonchev–Trinajstić information content (AvgIpc) is 2.42. The maximum absolute atomic E-state index is 12.0. The zero-order valence-electron chi connectivity index (χ0n) is 12.6. The number of benzene rings is 1. The number of nitrogens with one attached hydrogen (secondary N) is 1. The molecular weight excluding hydrogens is 292 g/mol. The summed E-state index contributed by atoms with van der Waals surface area (Å²) in [4.78, 5) is 25.1. The molecule has 5 nitrogen and oxygen atoms in total. The molecule has 116 valence electrons. The third kappa shape index (κ3) is 6.14. The van der Waals surface area contributed by atoms with E-state index in [2.05, 4.69) is 5.32 Å². The molecular formula is C15H21ClN2O3. The number of ether oxygens (including phenoxy) is 1. The number of nitrogens with zero attached hydrogens (tertiary/aromatic N) is 1. The molecule has 0 atom stereocenters. The van der Waals surface area contributed by atoms with Gasteiger partial charge in [-0.3, -0.25) is 9.59 Å². The van der Waals surface area contributed by atoms with E-state index < -0.39 is 0 Å². The van der Waals surface area contributed by atoms with Crippen LogP contribution in [0.5, 0.6) is 0 Å². The SMILES string of the molecule is COCCCN(CC(=O)Nc1cc(Cl)ccc1C)C(C)=O. The van der Waals surface area contributed by atoms with Crippen LogP contribution >= 0.6 is 11.6 Å². The van der Waals surface area contributed by atoms with Crippen molar-refractivity contribution in [1.82, 2.24) is 4.90 Å². The van der Waals surface area contributed by atoms with Crippen LogP contribution in [0.15, 0.2) is 18.2 Å². The number of carbonyl (C=O) groups excluding carboxylic acids is 2. The Morgan fingerprint density at radius 3 is 2.71 bits per heavy atom. The molecule has 0 radical (unpaired) electrons. The molecule has 0 aliphatic rings. The lowest BCUT2D eigenvalue weighted by Crippen LogP contribution is -2.37. The molecule has 0 aliphatic heterocycles. The van der Waals surface area contributed by atoms with E-state index in [1.807, 2.05) is 13.0 Å². The molecule has 0 aliphatic carbocycles. The predicted octanol–water partition coefficient (Wildman–Crippen LogP) is 2.47. The molecule has 21 heavy (non-hydrogen) atoms. The zero-order chi connectivity index (χ0) is 15.8. The molecule has 1 N–H and O–H groups in total. The number of rotatable bonds is 7. The molecule has 0 unspecified atom stereocenters. The summed E-state index contributed by atoms with van der Waals surface area (Å²) < 4.78 is 4.95. The summed E-state index contributed by atoms with van der Waals surface area (Å²) >= 11 is 5.91. The molecule has 0 saturated carbocycles. The Morgan fingerprint density at radius 1 is 1.38 bits per heavy atom. The normalized spacial score (nSPS) is 10.3. The first kappa shape index (κ1) is 17.5. The Balaban J connectivity index is 2.61. The zero-order valence-corrected chi connectivity index (χ0v) is 13.4. The van der Waals surface area contributed by atoms with Crippen molar-refractivity contribution in [2.45, 2.75) is 20.3 Å². The monoisotopic (exact) mass is 312 g/mol. The number of hydrogen-bond acceptors (Lipinski definition) is 3. The van der Waals surface area contributed by atoms with Crippen LogP contribution in [0.1, 0.15) is 18.9 Å². The van der Waals surface area contributed by atoms with Crippen molar-refractivity contribution in [3.05, 3.63) is 28.8 Å². The van der Waals surface area contributed by atoms with Crippen molar-refractivity contribution < 1.29 is 14.3 Å². The van der Waals surface area contributed by atoms with Gasteiger partial charge in [-0.15, -0.1) is 0 Å². The molecule has 6 heteroatoms. The second kappa shape index (κ2) is 8.64. The van der Waals surface area contributed by atoms with Gasteiger partial charge in [0, 0.05) is 37.9 Å². The minimum absolute atomic E-state index is 0.0189. The van der Waals surface area contributed by atoms with Crippen LogP contribution in [0.3, 0.4) is 0 Å². The van der Waals surface area contributed by atoms with Crippen LogP contribution in [-0.4, -0.2) is 43.5 Å². The van der Waals surface area contributed by atoms with Crippen LogP contribution in [0.2, 0.25) is 5.02 Å². The van der Waals surface area contributed by atoms with Gasteiger partial charge in [-0.05, 0) is 31.0 Å². The van der Waals surface area contributed by atoms with Gasteiger partial charge >= 0.3 is 0 Å². The number of aryl methyl sites for hydroxylation is 1. The van der Waals surface area contributed by atoms with Gasteiger partial charge in [-0.1, -0.05) is 17.7 Å². The van der Waals surface area contributed by atoms with E-state index in [9.17, 15) is 9.59 Å². The van der Waals surface area contributed by atoms with Crippen LogP contribution in [0.4, 0.5) is 5.69 Å². The highest BCUT2D eigenvalue weighted by Gasteiger charge is 2.14. The Hall–Kier alpha value is -1.59. The van der Waals surface area contributed by atoms with Crippen molar-refractivity contribution in [3.8, 4) is 0 Å². The molecule has 0 spiro atoms. The van der Waals surface area contributed by atoms with E-state index in [0.717, 1.165) is 5.56 Å². The highest BCUT2D eigenvalue weighted by atomic mass is 35.5. The minimum Gasteiger partial charge on any atom is -0.385 e. The highest BCUT2D eigenvalue weighted by Crippen LogP contribution is 2.20. The quantitative estimate of drug-likeness (QED) is 0.787. The summed E-state index contributed by atoms with van der Waals surface area (Å²) in [6, 6.07) is 5.29. The van der Waals surface area contributed by atoms with E-state index >= 15 is 0 Å². The number of halogens is 1. The fraction of sp³-hybridized carbons (Fsp3) is 0.467. The topological polar surface area (TPSA) is 58.6 Å². The van der Waals surface area contributed by atoms with E-state index in [1.165, 1.54) is 11.8 Å². The molecule has 2 amide bonds. The van der Waals surface area contributed by atoms with Gasteiger partial charge < -0.3 is 15.0 Å². The van der Waals surface area contributed by atoms with E-state index in [-0.39, 0.29) is 18.4 Å². The number of anilines is 1. The third-order valence-corrected chi connectivity index (χ3v) is 3.27. The molecule has 0 saturated heterocycles. The first-order valence-electron chi connectivity index (χ1n) is 6.74. The maximum atomic E-state index is 12.0. The van der Waals surface area contributed by atoms with Gasteiger partial charge in [-0.25, -0.2) is 0 Å². The van der Waals surface area contributed by atoms with Gasteiger partial charge in [0.25, 0.3) is 0 Å². The molecule has 0 fully saturated rings. The smallest absolute Gasteiger partial charge is 0.244 e. The summed E-state index contributed by atoms with van der Waals surface area (Å²) in [5, 5.41) is 3.33. The summed E-state index contributed by atoms with van der Waals surface area (Å²) in [6.45, 7) is 4.40. The number of hydrogen-bond donors (Lipinski definition) is 1. The van der Waals surface area contributed by atoms with Crippen LogP contribution in [0, 0.1) is 6.92 Å². The molecule has 1 rings (SSSR count). The molecule has 1 aromatic rings. The predicted molar refractivity (Wildman–Crippen MR) is 83.6 cm³/mol. The standard InChI is InChI=1S/C15H21ClN2O3/c1-11-5-6-13(16)9-14(11)17-15(20)10-18(12(2)19)7-4-8-21-3/h5-6,9H,4,7-8,10H2,1-3H3,(H,17,20). The van der Waals surface area contributed by atoms with Crippen molar-refractivity contribution in [3.63, 3.8) is 0 Å². The van der Waals surface area contributed by atoms with E-state index in [0.29, 0.717) is 30.3 Å². The Labute approximate surface area is 130 Å². The summed E-state index contributed by atoms with van der Waals surface area (Å²) in [5.74, 6) is -0.378. The molecule has 0 heterocycles. The van der Waals surface area contributed by atoms with Crippen molar-refractivity contribution in [1.29, 1.82) is 0 Å². The maximum Gasteiger partial charge on any atom is 0.244 e. The number of methoxy groups -OCH3 is 1. The molecule has 1 aromatic carbocycles. The second-order valence-electron chi connectivity index (χ2n) is 4.79. The van der Waals surface area contributed by atoms with Crippen molar-refractivity contribution >= 4 is 29.1 Å². The van der Waals surface area contributed by atoms with Gasteiger partial charge in [0.1, 0.15) is 0 Å². The van der Waals surface area contributed by atoms with Crippen molar-refractivity contribution in [2.75, 3.05) is 32.1 Å². The minimum atomic E-state index is -0.243. The van der Waals surface area contributed by atoms with Gasteiger partial charge in [0.2, 0.25) is 11.8 Å². The summed E-state index contributed by atoms with van der Waals surface area (Å²) in [6.07, 6.45) is 0.694. The number of carbonyl (C=O) groups is 2. The number of amides is 2. The molecule has 0 aromatic heterocycles. The van der Waals surface area contributed by atoms with Gasteiger partial charge in [0.15, 0.2) is 0 Å². The van der Waals surface area contributed by atoms with Crippen LogP contribution in [0.25, 0.3) is 0 Å². The van der Waals surface area contributed by atoms with Crippen LogP contribution < -0.4 is 5.32 Å². The fourth-order valence-electron chi connectivity index (χ4n) is 1.84. The lowest BCUT2D eigenvalue weighted by Gasteiger charge is -2.20. The Morgan fingerprint density at radius 2 is 2.10 bits per heavy atom. The average molecular weight is 313 g/mol. The highest BCUT2D eigenvalue weighted by molar-refractivity contribution is 6.31. The Kier molecular flexibility index (Phi) is 7.19. The lowest BCUT2D eigenvalue weighted by molar-refractivity contribution is -0.132. The largest absolute Gasteiger partial charge is 0.385 e. The summed E-state index contributed by atoms with van der Waals surface area (Å²) in [5.41, 5.74) is 1.58.